The fourth-order valence-electron chi connectivity index (χ4n) is 2.96. The quantitative estimate of drug-likeness (QED) is 0.727. The molecular weight excluding hydrogens is 330 g/mol. The van der Waals surface area contributed by atoms with E-state index in [0.717, 1.165) is 16.7 Å². The van der Waals surface area contributed by atoms with E-state index in [2.05, 4.69) is 17.2 Å². The molecule has 1 heterocycles. The lowest BCUT2D eigenvalue weighted by molar-refractivity contribution is -0.116. The van der Waals surface area contributed by atoms with Gasteiger partial charge in [0.1, 0.15) is 5.60 Å². The number of hydrogen-bond acceptors (Lipinski definition) is 4. The maximum atomic E-state index is 12.1. The van der Waals surface area contributed by atoms with Crippen molar-refractivity contribution >= 4 is 11.6 Å². The zero-order valence-electron chi connectivity index (χ0n) is 15.0. The second-order valence-electron chi connectivity index (χ2n) is 6.85. The van der Waals surface area contributed by atoms with E-state index in [4.69, 9.17) is 4.74 Å². The number of phenolic OH excluding ortho intramolecular Hbond substituents is 1. The molecule has 3 N–H and O–H groups in total. The van der Waals surface area contributed by atoms with Gasteiger partial charge in [0.2, 0.25) is 5.91 Å². The molecule has 1 unspecified atom stereocenters. The van der Waals surface area contributed by atoms with E-state index in [0.29, 0.717) is 17.9 Å². The summed E-state index contributed by atoms with van der Waals surface area (Å²) in [5.41, 5.74) is 2.21. The van der Waals surface area contributed by atoms with Crippen LogP contribution in [0.2, 0.25) is 0 Å². The van der Waals surface area contributed by atoms with Gasteiger partial charge in [0.15, 0.2) is 11.5 Å². The maximum Gasteiger partial charge on any atom is 0.225 e. The number of benzene rings is 2. The van der Waals surface area contributed by atoms with Gasteiger partial charge in [-0.3, -0.25) is 4.79 Å². The third-order valence-corrected chi connectivity index (χ3v) is 4.22. The first-order valence-corrected chi connectivity index (χ1v) is 8.33. The van der Waals surface area contributed by atoms with Crippen LogP contribution < -0.4 is 10.1 Å². The summed E-state index contributed by atoms with van der Waals surface area (Å²) in [5, 5.41) is 22.5. The Kier molecular flexibility index (Phi) is 4.62. The van der Waals surface area contributed by atoms with Gasteiger partial charge >= 0.3 is 0 Å². The highest BCUT2D eigenvalue weighted by Crippen LogP contribution is 2.42. The van der Waals surface area contributed by atoms with Crippen LogP contribution in [0.5, 0.6) is 11.5 Å². The summed E-state index contributed by atoms with van der Waals surface area (Å²) in [6.45, 7) is 3.27. The Hall–Kier alpha value is -2.97. The Labute approximate surface area is 152 Å². The molecule has 5 nitrogen and oxygen atoms in total. The fraction of sp³-hybridized carbons (Fsp3) is 0.286. The number of rotatable bonds is 2. The molecule has 0 aromatic heterocycles. The highest BCUT2D eigenvalue weighted by molar-refractivity contribution is 5.96. The first-order chi connectivity index (χ1) is 12.3. The second-order valence-corrected chi connectivity index (χ2v) is 6.85. The van der Waals surface area contributed by atoms with E-state index in [1.54, 1.807) is 19.9 Å². The molecular formula is C21H21NO4. The molecule has 0 bridgehead atoms. The van der Waals surface area contributed by atoms with E-state index < -0.39 is 5.60 Å². The maximum absolute atomic E-state index is 12.1. The van der Waals surface area contributed by atoms with Crippen molar-refractivity contribution in [2.45, 2.75) is 31.8 Å². The van der Waals surface area contributed by atoms with Crippen LogP contribution in [0.25, 0.3) is 0 Å². The Bertz CT molecular complexity index is 899. The van der Waals surface area contributed by atoms with Gasteiger partial charge in [0.05, 0.1) is 7.11 Å². The molecule has 1 aliphatic heterocycles. The Morgan fingerprint density at radius 1 is 1.23 bits per heavy atom. The van der Waals surface area contributed by atoms with Crippen molar-refractivity contribution in [3.05, 3.63) is 53.1 Å². The first-order valence-electron chi connectivity index (χ1n) is 8.33. The van der Waals surface area contributed by atoms with Crippen LogP contribution in [-0.4, -0.2) is 28.8 Å². The van der Waals surface area contributed by atoms with Crippen LogP contribution in [0.4, 0.5) is 5.69 Å². The van der Waals surface area contributed by atoms with Crippen LogP contribution in [0.3, 0.4) is 0 Å². The third kappa shape index (κ3) is 3.81. The summed E-state index contributed by atoms with van der Waals surface area (Å²) in [5.74, 6) is 5.84. The number of carbonyl (C=O) groups is 1. The molecule has 2 aromatic rings. The van der Waals surface area contributed by atoms with E-state index in [1.807, 2.05) is 24.3 Å². The van der Waals surface area contributed by atoms with Gasteiger partial charge < -0.3 is 20.3 Å². The third-order valence-electron chi connectivity index (χ3n) is 4.22. The molecule has 1 aliphatic rings. The molecule has 0 aliphatic carbocycles. The van der Waals surface area contributed by atoms with E-state index in [-0.39, 0.29) is 17.6 Å². The number of phenols is 1. The molecule has 0 radical (unpaired) electrons. The van der Waals surface area contributed by atoms with Crippen LogP contribution in [0.15, 0.2) is 36.4 Å². The van der Waals surface area contributed by atoms with Crippen molar-refractivity contribution in [1.29, 1.82) is 0 Å². The number of ether oxygens (including phenoxy) is 1. The predicted molar refractivity (Wildman–Crippen MR) is 99.4 cm³/mol. The second kappa shape index (κ2) is 6.74. The van der Waals surface area contributed by atoms with Crippen LogP contribution in [-0.2, 0) is 4.79 Å². The molecule has 0 saturated carbocycles. The molecule has 1 amide bonds. The molecule has 0 spiro atoms. The smallest absolute Gasteiger partial charge is 0.225 e. The summed E-state index contributed by atoms with van der Waals surface area (Å²) < 4.78 is 5.20. The lowest BCUT2D eigenvalue weighted by Gasteiger charge is -2.27. The van der Waals surface area contributed by atoms with E-state index in [9.17, 15) is 15.0 Å². The minimum absolute atomic E-state index is 0.00978. The number of methoxy groups -OCH3 is 1. The summed E-state index contributed by atoms with van der Waals surface area (Å²) in [6, 6.07) is 10.9. The monoisotopic (exact) mass is 351 g/mol. The molecule has 0 saturated heterocycles. The van der Waals surface area contributed by atoms with Crippen molar-refractivity contribution in [3.63, 3.8) is 0 Å². The van der Waals surface area contributed by atoms with Crippen molar-refractivity contribution < 1.29 is 19.7 Å². The number of amides is 1. The predicted octanol–water partition coefficient (Wildman–Crippen LogP) is 3.00. The Balaban J connectivity index is 1.97. The summed E-state index contributed by atoms with van der Waals surface area (Å²) >= 11 is 0. The van der Waals surface area contributed by atoms with E-state index in [1.165, 1.54) is 13.2 Å². The lowest BCUT2D eigenvalue weighted by atomic mass is 9.84. The fourth-order valence-corrected chi connectivity index (χ4v) is 2.96. The van der Waals surface area contributed by atoms with Crippen LogP contribution in [0.1, 0.15) is 42.9 Å². The van der Waals surface area contributed by atoms with Crippen molar-refractivity contribution in [3.8, 4) is 23.3 Å². The average Bonchev–Trinajstić information content (AvgIpc) is 2.58. The van der Waals surface area contributed by atoms with Crippen molar-refractivity contribution in [2.24, 2.45) is 0 Å². The van der Waals surface area contributed by atoms with Gasteiger partial charge in [-0.2, -0.15) is 0 Å². The Morgan fingerprint density at radius 3 is 2.54 bits per heavy atom. The zero-order valence-corrected chi connectivity index (χ0v) is 15.0. The number of aliphatic hydroxyl groups is 1. The molecule has 5 heteroatoms. The SMILES string of the molecule is COc1cc2c(cc1O)NC(=O)CC2c1ccc(C#CC(C)(C)O)cc1. The standard InChI is InChI=1S/C21H21NO4/c1-21(2,25)9-8-13-4-6-14(7-5-13)15-11-20(24)22-17-12-18(23)19(26-3)10-16(15)17/h4-7,10,12,15,23,25H,11H2,1-3H3,(H,22,24). The zero-order chi connectivity index (χ0) is 18.9. The topological polar surface area (TPSA) is 78.8 Å². The summed E-state index contributed by atoms with van der Waals surface area (Å²) in [4.78, 5) is 12.1. The molecule has 26 heavy (non-hydrogen) atoms. The van der Waals surface area contributed by atoms with Crippen LogP contribution in [0, 0.1) is 11.8 Å². The minimum atomic E-state index is -1.04. The van der Waals surface area contributed by atoms with Gasteiger partial charge in [0.25, 0.3) is 0 Å². The van der Waals surface area contributed by atoms with Gasteiger partial charge in [-0.05, 0) is 43.2 Å². The summed E-state index contributed by atoms with van der Waals surface area (Å²) in [6.07, 6.45) is 0.315. The first kappa shape index (κ1) is 17.8. The lowest BCUT2D eigenvalue weighted by Crippen LogP contribution is -2.23. The normalized spacial score (nSPS) is 16.2. The molecule has 134 valence electrons. The largest absolute Gasteiger partial charge is 0.504 e. The molecule has 2 aromatic carbocycles. The number of carbonyl (C=O) groups excluding carboxylic acids is 1. The van der Waals surface area contributed by atoms with Crippen LogP contribution >= 0.6 is 0 Å². The number of nitrogens with one attached hydrogen (secondary N) is 1. The van der Waals surface area contributed by atoms with E-state index >= 15 is 0 Å². The van der Waals surface area contributed by atoms with Gasteiger partial charge in [-0.15, -0.1) is 0 Å². The van der Waals surface area contributed by atoms with Crippen molar-refractivity contribution in [2.75, 3.05) is 12.4 Å². The number of aromatic hydroxyl groups is 1. The van der Waals surface area contributed by atoms with Gasteiger partial charge in [-0.25, -0.2) is 0 Å². The average molecular weight is 351 g/mol. The Morgan fingerprint density at radius 2 is 1.92 bits per heavy atom. The number of anilines is 1. The van der Waals surface area contributed by atoms with Gasteiger partial charge in [-0.1, -0.05) is 24.0 Å². The summed E-state index contributed by atoms with van der Waals surface area (Å²) in [7, 11) is 1.49. The molecule has 1 atom stereocenters. The minimum Gasteiger partial charge on any atom is -0.504 e. The van der Waals surface area contributed by atoms with Crippen molar-refractivity contribution in [1.82, 2.24) is 0 Å². The van der Waals surface area contributed by atoms with Gasteiger partial charge in [0, 0.05) is 29.7 Å². The highest BCUT2D eigenvalue weighted by Gasteiger charge is 2.28. The molecule has 3 rings (SSSR count). The number of hydrogen-bond donors (Lipinski definition) is 3. The highest BCUT2D eigenvalue weighted by atomic mass is 16.5. The molecule has 0 fully saturated rings. The number of fused-ring (bicyclic) bond motifs is 1.